The molecule has 3 aromatic rings. The minimum Gasteiger partial charge on any atom is -0.392 e. The maximum absolute atomic E-state index is 9.50. The standard InChI is InChI=1S/C32H38N2O5/c33-20-24-3-1-4-26(17-24)27-5-2-6-28(18-27)31-38-29(19-30(39-31)25-9-7-23(22-35)8-10-25)21-34-13-11-32(12-14-34)36-15-16-37-32/h1-10,17-18,29-31,35H,11-16,19-22,33H2. The molecule has 1 spiro atoms. The summed E-state index contributed by atoms with van der Waals surface area (Å²) < 4.78 is 25.1. The Balaban J connectivity index is 1.22. The molecule has 0 bridgehead atoms. The molecule has 6 rings (SSSR count). The monoisotopic (exact) mass is 530 g/mol. The lowest BCUT2D eigenvalue weighted by Gasteiger charge is -2.41. The van der Waals surface area contributed by atoms with E-state index in [9.17, 15) is 5.11 Å². The Kier molecular flexibility index (Phi) is 8.09. The topological polar surface area (TPSA) is 86.4 Å². The lowest BCUT2D eigenvalue weighted by molar-refractivity contribution is -0.255. The van der Waals surface area contributed by atoms with Crippen LogP contribution in [0.15, 0.2) is 72.8 Å². The molecule has 39 heavy (non-hydrogen) atoms. The van der Waals surface area contributed by atoms with Gasteiger partial charge < -0.3 is 34.7 Å². The van der Waals surface area contributed by atoms with Crippen molar-refractivity contribution in [3.63, 3.8) is 0 Å². The zero-order valence-corrected chi connectivity index (χ0v) is 22.3. The second kappa shape index (κ2) is 11.9. The second-order valence-corrected chi connectivity index (χ2v) is 10.8. The fourth-order valence-electron chi connectivity index (χ4n) is 5.93. The van der Waals surface area contributed by atoms with Gasteiger partial charge in [0.25, 0.3) is 0 Å². The Bertz CT molecular complexity index is 1230. The second-order valence-electron chi connectivity index (χ2n) is 10.8. The zero-order valence-electron chi connectivity index (χ0n) is 22.3. The van der Waals surface area contributed by atoms with Gasteiger partial charge in [-0.1, -0.05) is 60.7 Å². The Hall–Kier alpha value is -2.62. The molecule has 0 saturated carbocycles. The van der Waals surface area contributed by atoms with Crippen molar-refractivity contribution in [1.29, 1.82) is 0 Å². The minimum atomic E-state index is -0.485. The predicted octanol–water partition coefficient (Wildman–Crippen LogP) is 4.69. The quantitative estimate of drug-likeness (QED) is 0.458. The number of ether oxygens (including phenoxy) is 4. The van der Waals surface area contributed by atoms with Crippen LogP contribution >= 0.6 is 0 Å². The first-order valence-electron chi connectivity index (χ1n) is 14.0. The molecule has 0 radical (unpaired) electrons. The Morgan fingerprint density at radius 3 is 2.26 bits per heavy atom. The van der Waals surface area contributed by atoms with Crippen LogP contribution in [0, 0.1) is 0 Å². The van der Waals surface area contributed by atoms with Crippen molar-refractivity contribution in [2.45, 2.75) is 56.7 Å². The summed E-state index contributed by atoms with van der Waals surface area (Å²) in [6.45, 7) is 4.61. The number of hydrogen-bond donors (Lipinski definition) is 2. The Morgan fingerprint density at radius 2 is 1.54 bits per heavy atom. The number of likely N-dealkylation sites (tertiary alicyclic amines) is 1. The van der Waals surface area contributed by atoms with Crippen LogP contribution in [-0.4, -0.2) is 54.7 Å². The molecule has 3 atom stereocenters. The smallest absolute Gasteiger partial charge is 0.184 e. The van der Waals surface area contributed by atoms with E-state index < -0.39 is 6.29 Å². The number of aliphatic hydroxyl groups excluding tert-OH is 1. The van der Waals surface area contributed by atoms with E-state index in [2.05, 4.69) is 53.4 Å². The van der Waals surface area contributed by atoms with Crippen LogP contribution in [0.5, 0.6) is 0 Å². The minimum absolute atomic E-state index is 0.00922. The summed E-state index contributed by atoms with van der Waals surface area (Å²) in [5.41, 5.74) is 12.2. The molecule has 3 unspecified atom stereocenters. The predicted molar refractivity (Wildman–Crippen MR) is 149 cm³/mol. The summed E-state index contributed by atoms with van der Waals surface area (Å²) >= 11 is 0. The van der Waals surface area contributed by atoms with E-state index in [4.69, 9.17) is 24.7 Å². The summed E-state index contributed by atoms with van der Waals surface area (Å²) in [6.07, 6.45) is 1.95. The van der Waals surface area contributed by atoms with Gasteiger partial charge >= 0.3 is 0 Å². The van der Waals surface area contributed by atoms with E-state index in [1.807, 2.05) is 24.3 Å². The lowest BCUT2D eigenvalue weighted by atomic mass is 9.97. The van der Waals surface area contributed by atoms with Gasteiger partial charge in [-0.25, -0.2) is 0 Å². The molecule has 0 amide bonds. The molecule has 3 saturated heterocycles. The third-order valence-electron chi connectivity index (χ3n) is 8.16. The number of rotatable bonds is 7. The van der Waals surface area contributed by atoms with Gasteiger partial charge in [0.15, 0.2) is 12.1 Å². The molecule has 206 valence electrons. The summed E-state index contributed by atoms with van der Waals surface area (Å²) in [5, 5.41) is 9.50. The van der Waals surface area contributed by atoms with Crippen molar-refractivity contribution in [3.8, 4) is 11.1 Å². The fraction of sp³-hybridized carbons (Fsp3) is 0.438. The van der Waals surface area contributed by atoms with Crippen LogP contribution in [0.4, 0.5) is 0 Å². The maximum Gasteiger partial charge on any atom is 0.184 e. The SMILES string of the molecule is NCc1cccc(-c2cccc(C3OC(CN4CCC5(CC4)OCCO5)CC(c4ccc(CO)cc4)O3)c2)c1. The summed E-state index contributed by atoms with van der Waals surface area (Å²) in [7, 11) is 0. The van der Waals surface area contributed by atoms with Gasteiger partial charge in [-0.15, -0.1) is 0 Å². The third-order valence-corrected chi connectivity index (χ3v) is 8.16. The number of hydrogen-bond acceptors (Lipinski definition) is 7. The molecule has 3 aliphatic rings. The van der Waals surface area contributed by atoms with E-state index in [0.717, 1.165) is 72.3 Å². The Labute approximate surface area is 230 Å². The van der Waals surface area contributed by atoms with Crippen LogP contribution < -0.4 is 5.73 Å². The van der Waals surface area contributed by atoms with Crippen LogP contribution in [-0.2, 0) is 32.1 Å². The summed E-state index contributed by atoms with van der Waals surface area (Å²) in [4.78, 5) is 2.46. The van der Waals surface area contributed by atoms with Crippen molar-refractivity contribution in [1.82, 2.24) is 4.90 Å². The molecular formula is C32H38N2O5. The van der Waals surface area contributed by atoms with Crippen molar-refractivity contribution in [2.75, 3.05) is 32.8 Å². The molecule has 0 aromatic heterocycles. The molecule has 7 nitrogen and oxygen atoms in total. The van der Waals surface area contributed by atoms with E-state index in [1.165, 1.54) is 0 Å². The summed E-state index contributed by atoms with van der Waals surface area (Å²) in [5.74, 6) is -0.381. The van der Waals surface area contributed by atoms with E-state index in [1.54, 1.807) is 0 Å². The van der Waals surface area contributed by atoms with Crippen molar-refractivity contribution < 1.29 is 24.1 Å². The van der Waals surface area contributed by atoms with Gasteiger partial charge in [0.05, 0.1) is 32.0 Å². The van der Waals surface area contributed by atoms with E-state index in [-0.39, 0.29) is 24.6 Å². The van der Waals surface area contributed by atoms with Crippen molar-refractivity contribution in [3.05, 3.63) is 95.1 Å². The first-order valence-corrected chi connectivity index (χ1v) is 14.0. The average molecular weight is 531 g/mol. The highest BCUT2D eigenvalue weighted by Gasteiger charge is 2.41. The molecule has 3 aromatic carbocycles. The van der Waals surface area contributed by atoms with Crippen LogP contribution in [0.1, 0.15) is 53.9 Å². The molecule has 3 fully saturated rings. The van der Waals surface area contributed by atoms with Crippen LogP contribution in [0.25, 0.3) is 11.1 Å². The van der Waals surface area contributed by atoms with Crippen LogP contribution in [0.2, 0.25) is 0 Å². The van der Waals surface area contributed by atoms with Gasteiger partial charge in [0, 0.05) is 51.0 Å². The van der Waals surface area contributed by atoms with Gasteiger partial charge in [0.2, 0.25) is 0 Å². The highest BCUT2D eigenvalue weighted by Crippen LogP contribution is 2.40. The van der Waals surface area contributed by atoms with Gasteiger partial charge in [0.1, 0.15) is 0 Å². The molecule has 0 aliphatic carbocycles. The number of piperidine rings is 1. The van der Waals surface area contributed by atoms with Gasteiger partial charge in [-0.05, 0) is 39.9 Å². The third kappa shape index (κ3) is 6.10. The van der Waals surface area contributed by atoms with E-state index in [0.29, 0.717) is 19.8 Å². The number of nitrogens with zero attached hydrogens (tertiary/aromatic N) is 1. The fourth-order valence-corrected chi connectivity index (χ4v) is 5.93. The van der Waals surface area contributed by atoms with Crippen molar-refractivity contribution >= 4 is 0 Å². The average Bonchev–Trinajstić information content (AvgIpc) is 3.46. The first kappa shape index (κ1) is 26.6. The molecule has 3 heterocycles. The normalized spacial score (nSPS) is 25.2. The molecule has 3 aliphatic heterocycles. The zero-order chi connectivity index (χ0) is 26.7. The first-order chi connectivity index (χ1) is 19.1. The highest BCUT2D eigenvalue weighted by atomic mass is 16.7. The number of nitrogens with two attached hydrogens (primary N) is 1. The largest absolute Gasteiger partial charge is 0.392 e. The lowest BCUT2D eigenvalue weighted by Crippen LogP contribution is -2.48. The van der Waals surface area contributed by atoms with E-state index >= 15 is 0 Å². The van der Waals surface area contributed by atoms with Gasteiger partial charge in [-0.2, -0.15) is 0 Å². The molecule has 7 heteroatoms. The van der Waals surface area contributed by atoms with Crippen molar-refractivity contribution in [2.24, 2.45) is 5.73 Å². The molecule has 3 N–H and O–H groups in total. The summed E-state index contributed by atoms with van der Waals surface area (Å²) in [6, 6.07) is 24.8. The number of benzene rings is 3. The number of aliphatic hydroxyl groups is 1. The molecular weight excluding hydrogens is 492 g/mol. The highest BCUT2D eigenvalue weighted by molar-refractivity contribution is 5.65. The van der Waals surface area contributed by atoms with Crippen LogP contribution in [0.3, 0.4) is 0 Å². The Morgan fingerprint density at radius 1 is 0.821 bits per heavy atom. The maximum atomic E-state index is 9.50. The van der Waals surface area contributed by atoms with Gasteiger partial charge in [-0.3, -0.25) is 0 Å².